The highest BCUT2D eigenvalue weighted by Crippen LogP contribution is 2.44. The van der Waals surface area contributed by atoms with Crippen molar-refractivity contribution in [3.8, 4) is 6.07 Å². The van der Waals surface area contributed by atoms with E-state index in [1.165, 1.54) is 11.1 Å². The second-order valence-electron chi connectivity index (χ2n) is 10.4. The van der Waals surface area contributed by atoms with Gasteiger partial charge in [-0.15, -0.1) is 0 Å². The highest BCUT2D eigenvalue weighted by molar-refractivity contribution is 5.77. The number of rotatable bonds is 5. The van der Waals surface area contributed by atoms with Gasteiger partial charge < -0.3 is 19.4 Å². The van der Waals surface area contributed by atoms with Crippen LogP contribution < -0.4 is 15.4 Å². The molecule has 10 nitrogen and oxygen atoms in total. The quantitative estimate of drug-likeness (QED) is 0.540. The average molecular weight is 526 g/mol. The maximum absolute atomic E-state index is 13.2. The number of fused-ring (bicyclic) bond motifs is 1. The summed E-state index contributed by atoms with van der Waals surface area (Å²) in [6, 6.07) is 14.0. The monoisotopic (exact) mass is 525 g/mol. The van der Waals surface area contributed by atoms with E-state index in [0.717, 1.165) is 24.3 Å². The molecule has 1 aromatic carbocycles. The van der Waals surface area contributed by atoms with Gasteiger partial charge in [-0.25, -0.2) is 10.1 Å². The fourth-order valence-corrected chi connectivity index (χ4v) is 6.06. The van der Waals surface area contributed by atoms with E-state index in [4.69, 9.17) is 10.00 Å². The third-order valence-electron chi connectivity index (χ3n) is 8.17. The zero-order chi connectivity index (χ0) is 26.9. The average Bonchev–Trinajstić information content (AvgIpc) is 3.59. The Morgan fingerprint density at radius 2 is 1.95 bits per heavy atom. The van der Waals surface area contributed by atoms with Crippen LogP contribution in [0.1, 0.15) is 47.6 Å². The zero-order valence-electron chi connectivity index (χ0n) is 21.9. The molecule has 10 heteroatoms. The summed E-state index contributed by atoms with van der Waals surface area (Å²) in [5.41, 5.74) is 4.24. The van der Waals surface area contributed by atoms with Crippen LogP contribution in [0.2, 0.25) is 0 Å². The van der Waals surface area contributed by atoms with Crippen LogP contribution >= 0.6 is 0 Å². The normalized spacial score (nSPS) is 22.6. The van der Waals surface area contributed by atoms with Crippen LogP contribution in [0.25, 0.3) is 0 Å². The van der Waals surface area contributed by atoms with Crippen molar-refractivity contribution in [3.05, 3.63) is 81.4 Å². The number of ether oxygens (including phenoxy) is 1. The number of nitrogens with zero attached hydrogens (tertiary/aromatic N) is 6. The minimum atomic E-state index is -0.187. The number of amides is 1. The molecular weight excluding hydrogens is 494 g/mol. The minimum Gasteiger partial charge on any atom is -0.372 e. The lowest BCUT2D eigenvalue weighted by Gasteiger charge is -2.36. The van der Waals surface area contributed by atoms with E-state index in [1.54, 1.807) is 18.5 Å². The van der Waals surface area contributed by atoms with Crippen LogP contribution in [0.15, 0.2) is 53.6 Å². The number of carbonyl (C=O) groups excluding carboxylic acids is 1. The van der Waals surface area contributed by atoms with E-state index >= 15 is 0 Å². The summed E-state index contributed by atoms with van der Waals surface area (Å²) in [5.74, 6) is 0.946. The second-order valence-corrected chi connectivity index (χ2v) is 10.4. The molecule has 3 aliphatic heterocycles. The Morgan fingerprint density at radius 1 is 1.13 bits per heavy atom. The van der Waals surface area contributed by atoms with Gasteiger partial charge in [0.2, 0.25) is 5.91 Å². The number of carbonyl (C=O) groups is 1. The first kappa shape index (κ1) is 25.1. The molecule has 200 valence electrons. The second kappa shape index (κ2) is 10.5. The summed E-state index contributed by atoms with van der Waals surface area (Å²) in [4.78, 5) is 36.2. The number of pyridine rings is 1. The van der Waals surface area contributed by atoms with Crippen molar-refractivity contribution in [2.75, 3.05) is 36.0 Å². The molecule has 0 radical (unpaired) electrons. The number of piperazine rings is 1. The van der Waals surface area contributed by atoms with Crippen molar-refractivity contribution in [1.29, 1.82) is 5.26 Å². The van der Waals surface area contributed by atoms with Gasteiger partial charge in [0.1, 0.15) is 11.9 Å². The molecule has 2 aromatic heterocycles. The van der Waals surface area contributed by atoms with Crippen LogP contribution in [-0.4, -0.2) is 64.4 Å². The number of aromatic amines is 1. The van der Waals surface area contributed by atoms with Crippen molar-refractivity contribution in [2.45, 2.75) is 51.0 Å². The summed E-state index contributed by atoms with van der Waals surface area (Å²) in [5, 5.41) is 15.6. The van der Waals surface area contributed by atoms with E-state index in [-0.39, 0.29) is 29.7 Å². The van der Waals surface area contributed by atoms with Crippen LogP contribution in [0, 0.1) is 18.3 Å². The molecule has 3 aromatic rings. The van der Waals surface area contributed by atoms with Gasteiger partial charge in [-0.3, -0.25) is 9.59 Å². The summed E-state index contributed by atoms with van der Waals surface area (Å²) in [7, 11) is 0. The third-order valence-corrected chi connectivity index (χ3v) is 8.17. The molecule has 0 saturated carbocycles. The van der Waals surface area contributed by atoms with E-state index in [0.29, 0.717) is 50.3 Å². The number of aromatic nitrogens is 3. The molecule has 6 rings (SSSR count). The molecule has 2 fully saturated rings. The van der Waals surface area contributed by atoms with Gasteiger partial charge in [0.15, 0.2) is 0 Å². The molecule has 3 atom stereocenters. The number of H-pyrrole nitrogens is 1. The van der Waals surface area contributed by atoms with Gasteiger partial charge in [0.05, 0.1) is 42.1 Å². The standard InChI is InChI=1S/C29H31N7O3/c1-19-24(17-32-33-29(19)38)36-18-21-4-2-3-5-23(21)28(36)25-8-7-22(39-25)14-27(37)35-12-10-34(11-13-35)26-9-6-20(15-30)16-31-26/h2-6,9,16-17,22,25,28H,7-8,10-14,18H2,1H3,(H,33,38)/t22-,25-,28+/m1/s1. The number of nitriles is 1. The maximum atomic E-state index is 13.2. The predicted octanol–water partition coefficient (Wildman–Crippen LogP) is 2.69. The Hall–Kier alpha value is -4.23. The lowest BCUT2D eigenvalue weighted by Crippen LogP contribution is -2.49. The van der Waals surface area contributed by atoms with Crippen molar-refractivity contribution >= 4 is 17.4 Å². The number of anilines is 2. The summed E-state index contributed by atoms with van der Waals surface area (Å²) in [6.07, 6.45) is 5.13. The van der Waals surface area contributed by atoms with Crippen LogP contribution in [0.3, 0.4) is 0 Å². The smallest absolute Gasteiger partial charge is 0.269 e. The number of hydrogen-bond acceptors (Lipinski definition) is 8. The van der Waals surface area contributed by atoms with Gasteiger partial charge in [0, 0.05) is 44.5 Å². The Kier molecular flexibility index (Phi) is 6.75. The molecule has 0 bridgehead atoms. The molecule has 3 aliphatic rings. The fourth-order valence-electron chi connectivity index (χ4n) is 6.06. The molecule has 1 N–H and O–H groups in total. The van der Waals surface area contributed by atoms with Gasteiger partial charge in [-0.1, -0.05) is 24.3 Å². The minimum absolute atomic E-state index is 0.0351. The van der Waals surface area contributed by atoms with Gasteiger partial charge in [-0.05, 0) is 43.0 Å². The summed E-state index contributed by atoms with van der Waals surface area (Å²) >= 11 is 0. The lowest BCUT2D eigenvalue weighted by atomic mass is 9.98. The molecule has 5 heterocycles. The first-order chi connectivity index (χ1) is 19.0. The molecule has 2 saturated heterocycles. The van der Waals surface area contributed by atoms with Gasteiger partial charge in [0.25, 0.3) is 5.56 Å². The Morgan fingerprint density at radius 3 is 2.72 bits per heavy atom. The first-order valence-electron chi connectivity index (χ1n) is 13.4. The first-order valence-corrected chi connectivity index (χ1v) is 13.4. The maximum Gasteiger partial charge on any atom is 0.269 e. The van der Waals surface area contributed by atoms with Gasteiger partial charge >= 0.3 is 0 Å². The van der Waals surface area contributed by atoms with Crippen LogP contribution in [0.4, 0.5) is 11.5 Å². The molecule has 0 aliphatic carbocycles. The van der Waals surface area contributed by atoms with E-state index in [2.05, 4.69) is 43.2 Å². The molecule has 39 heavy (non-hydrogen) atoms. The van der Waals surface area contributed by atoms with Crippen molar-refractivity contribution in [1.82, 2.24) is 20.1 Å². The van der Waals surface area contributed by atoms with Crippen molar-refractivity contribution in [3.63, 3.8) is 0 Å². The van der Waals surface area contributed by atoms with Crippen molar-refractivity contribution in [2.24, 2.45) is 0 Å². The number of hydrogen-bond donors (Lipinski definition) is 1. The summed E-state index contributed by atoms with van der Waals surface area (Å²) in [6.45, 7) is 5.19. The molecular formula is C29H31N7O3. The van der Waals surface area contributed by atoms with E-state index in [9.17, 15) is 9.59 Å². The Balaban J connectivity index is 1.10. The SMILES string of the molecule is Cc1c(N2Cc3ccccc3[C@H]2[C@H]2CC[C@H](CC(=O)N3CCN(c4ccc(C#N)cn4)CC3)O2)cn[nH]c1=O. The van der Waals surface area contributed by atoms with Gasteiger partial charge in [-0.2, -0.15) is 10.4 Å². The molecule has 0 unspecified atom stereocenters. The predicted molar refractivity (Wildman–Crippen MR) is 145 cm³/mol. The zero-order valence-corrected chi connectivity index (χ0v) is 21.9. The summed E-state index contributed by atoms with van der Waals surface area (Å²) < 4.78 is 6.56. The largest absolute Gasteiger partial charge is 0.372 e. The highest BCUT2D eigenvalue weighted by atomic mass is 16.5. The number of benzene rings is 1. The highest BCUT2D eigenvalue weighted by Gasteiger charge is 2.42. The van der Waals surface area contributed by atoms with Crippen LogP contribution in [-0.2, 0) is 16.1 Å². The molecule has 0 spiro atoms. The fraction of sp³-hybridized carbons (Fsp3) is 0.414. The lowest BCUT2D eigenvalue weighted by molar-refractivity contribution is -0.134. The van der Waals surface area contributed by atoms with E-state index in [1.807, 2.05) is 30.0 Å². The number of nitrogens with one attached hydrogen (secondary N) is 1. The third kappa shape index (κ3) is 4.86. The van der Waals surface area contributed by atoms with Crippen molar-refractivity contribution < 1.29 is 9.53 Å². The Bertz CT molecular complexity index is 1460. The van der Waals surface area contributed by atoms with Crippen LogP contribution in [0.5, 0.6) is 0 Å². The molecule has 1 amide bonds. The topological polar surface area (TPSA) is 118 Å². The van der Waals surface area contributed by atoms with E-state index < -0.39 is 0 Å². The Labute approximate surface area is 226 Å².